The molecule has 0 aromatic heterocycles. The van der Waals surface area contributed by atoms with Crippen LogP contribution in [-0.4, -0.2) is 23.4 Å². The Morgan fingerprint density at radius 3 is 2.64 bits per heavy atom. The van der Waals surface area contributed by atoms with E-state index in [1.54, 1.807) is 0 Å². The van der Waals surface area contributed by atoms with Crippen LogP contribution >= 0.6 is 0 Å². The summed E-state index contributed by atoms with van der Waals surface area (Å²) in [5.41, 5.74) is 0. The lowest BCUT2D eigenvalue weighted by molar-refractivity contribution is -0.0291. The summed E-state index contributed by atoms with van der Waals surface area (Å²) < 4.78 is 5.75. The molecule has 0 aliphatic carbocycles. The topological polar surface area (TPSA) is 29.5 Å². The molecule has 1 saturated heterocycles. The van der Waals surface area contributed by atoms with Crippen LogP contribution < -0.4 is 0 Å². The van der Waals surface area contributed by atoms with Gasteiger partial charge in [0, 0.05) is 0 Å². The van der Waals surface area contributed by atoms with Gasteiger partial charge >= 0.3 is 0 Å². The molecule has 0 aromatic rings. The highest BCUT2D eigenvalue weighted by molar-refractivity contribution is 4.76. The number of ether oxygens (including phenoxy) is 1. The van der Waals surface area contributed by atoms with Crippen molar-refractivity contribution >= 4 is 0 Å². The summed E-state index contributed by atoms with van der Waals surface area (Å²) in [6.45, 7) is 4.06. The Morgan fingerprint density at radius 1 is 1.29 bits per heavy atom. The van der Waals surface area contributed by atoms with E-state index >= 15 is 0 Å². The summed E-state index contributed by atoms with van der Waals surface area (Å²) in [4.78, 5) is 0. The third-order valence-corrected chi connectivity index (χ3v) is 3.06. The van der Waals surface area contributed by atoms with Crippen molar-refractivity contribution < 1.29 is 9.84 Å². The molecule has 0 radical (unpaired) electrons. The Hall–Kier alpha value is -0.0800. The van der Waals surface area contributed by atoms with Gasteiger partial charge in [-0.25, -0.2) is 0 Å². The van der Waals surface area contributed by atoms with Crippen molar-refractivity contribution in [2.45, 2.75) is 77.1 Å². The van der Waals surface area contributed by atoms with Crippen molar-refractivity contribution in [3.8, 4) is 0 Å². The van der Waals surface area contributed by atoms with Crippen molar-refractivity contribution in [2.75, 3.05) is 0 Å². The number of unbranched alkanes of at least 4 members (excludes halogenated alkanes) is 3. The largest absolute Gasteiger partial charge is 0.391 e. The fourth-order valence-electron chi connectivity index (χ4n) is 2.10. The van der Waals surface area contributed by atoms with Crippen molar-refractivity contribution in [3.05, 3.63) is 0 Å². The minimum absolute atomic E-state index is 0.103. The first-order valence-corrected chi connectivity index (χ1v) is 6.07. The minimum Gasteiger partial charge on any atom is -0.391 e. The molecule has 0 amide bonds. The predicted molar refractivity (Wildman–Crippen MR) is 58.3 cm³/mol. The van der Waals surface area contributed by atoms with Gasteiger partial charge < -0.3 is 9.84 Å². The van der Waals surface area contributed by atoms with Gasteiger partial charge in [-0.3, -0.25) is 0 Å². The monoisotopic (exact) mass is 200 g/mol. The number of hydrogen-bond acceptors (Lipinski definition) is 2. The summed E-state index contributed by atoms with van der Waals surface area (Å²) in [6, 6.07) is 0. The van der Waals surface area contributed by atoms with Crippen LogP contribution in [0.3, 0.4) is 0 Å². The zero-order valence-electron chi connectivity index (χ0n) is 9.54. The Kier molecular flexibility index (Phi) is 5.49. The molecular weight excluding hydrogens is 176 g/mol. The van der Waals surface area contributed by atoms with E-state index in [-0.39, 0.29) is 12.2 Å². The van der Waals surface area contributed by atoms with E-state index < -0.39 is 0 Å². The highest BCUT2D eigenvalue weighted by Crippen LogP contribution is 2.25. The molecule has 1 heterocycles. The molecule has 0 aromatic carbocycles. The molecule has 1 aliphatic heterocycles. The quantitative estimate of drug-likeness (QED) is 0.668. The van der Waals surface area contributed by atoms with Crippen molar-refractivity contribution in [1.29, 1.82) is 0 Å². The third-order valence-electron chi connectivity index (χ3n) is 3.06. The summed E-state index contributed by atoms with van der Waals surface area (Å²) in [7, 11) is 0. The van der Waals surface area contributed by atoms with E-state index in [0.29, 0.717) is 6.10 Å². The molecule has 84 valence electrons. The average Bonchev–Trinajstić information content (AvgIpc) is 2.61. The molecule has 1 aliphatic rings. The summed E-state index contributed by atoms with van der Waals surface area (Å²) in [5.74, 6) is 0. The smallest absolute Gasteiger partial charge is 0.0835 e. The molecule has 1 fully saturated rings. The minimum atomic E-state index is -0.296. The maximum absolute atomic E-state index is 9.35. The van der Waals surface area contributed by atoms with Crippen LogP contribution in [0.25, 0.3) is 0 Å². The number of aliphatic hydroxyl groups is 1. The van der Waals surface area contributed by atoms with Crippen LogP contribution in [0.1, 0.15) is 58.8 Å². The lowest BCUT2D eigenvalue weighted by atomic mass is 10.1. The Balaban J connectivity index is 2.04. The third kappa shape index (κ3) is 3.97. The molecule has 0 saturated carbocycles. The van der Waals surface area contributed by atoms with Crippen LogP contribution in [0.15, 0.2) is 0 Å². The molecule has 0 bridgehead atoms. The van der Waals surface area contributed by atoms with E-state index in [0.717, 1.165) is 12.8 Å². The SMILES string of the molecule is CCCCCC[C@H]1CC[C@H]([C@@H](C)O)O1. The molecule has 2 heteroatoms. The molecule has 0 unspecified atom stereocenters. The van der Waals surface area contributed by atoms with Crippen LogP contribution in [0, 0.1) is 0 Å². The maximum atomic E-state index is 9.35. The molecule has 14 heavy (non-hydrogen) atoms. The van der Waals surface area contributed by atoms with Gasteiger partial charge in [0.05, 0.1) is 18.3 Å². The van der Waals surface area contributed by atoms with Gasteiger partial charge in [0.1, 0.15) is 0 Å². The van der Waals surface area contributed by atoms with Gasteiger partial charge in [0.2, 0.25) is 0 Å². The lowest BCUT2D eigenvalue weighted by Gasteiger charge is -2.15. The summed E-state index contributed by atoms with van der Waals surface area (Å²) >= 11 is 0. The molecular formula is C12H24O2. The lowest BCUT2D eigenvalue weighted by Crippen LogP contribution is -2.23. The van der Waals surface area contributed by atoms with Crippen LogP contribution in [0.2, 0.25) is 0 Å². The maximum Gasteiger partial charge on any atom is 0.0835 e. The van der Waals surface area contributed by atoms with Gasteiger partial charge in [0.15, 0.2) is 0 Å². The summed E-state index contributed by atoms with van der Waals surface area (Å²) in [5, 5.41) is 9.35. The molecule has 0 spiro atoms. The van der Waals surface area contributed by atoms with Crippen molar-refractivity contribution in [3.63, 3.8) is 0 Å². The average molecular weight is 200 g/mol. The second-order valence-corrected chi connectivity index (χ2v) is 4.46. The summed E-state index contributed by atoms with van der Waals surface area (Å²) in [6.07, 6.45) is 8.84. The van der Waals surface area contributed by atoms with Gasteiger partial charge in [-0.15, -0.1) is 0 Å². The Labute approximate surface area is 87.7 Å². The van der Waals surface area contributed by atoms with Gasteiger partial charge in [-0.1, -0.05) is 32.6 Å². The normalized spacial score (nSPS) is 29.4. The van der Waals surface area contributed by atoms with Gasteiger partial charge in [0.25, 0.3) is 0 Å². The first kappa shape index (κ1) is 12.0. The van der Waals surface area contributed by atoms with Crippen LogP contribution in [-0.2, 0) is 4.74 Å². The van der Waals surface area contributed by atoms with Crippen molar-refractivity contribution in [1.82, 2.24) is 0 Å². The van der Waals surface area contributed by atoms with Crippen LogP contribution in [0.4, 0.5) is 0 Å². The highest BCUT2D eigenvalue weighted by Gasteiger charge is 2.27. The second kappa shape index (κ2) is 6.41. The molecule has 1 rings (SSSR count). The zero-order chi connectivity index (χ0) is 10.4. The van der Waals surface area contributed by atoms with Gasteiger partial charge in [-0.2, -0.15) is 0 Å². The van der Waals surface area contributed by atoms with E-state index in [1.165, 1.54) is 32.1 Å². The number of hydrogen-bond donors (Lipinski definition) is 1. The Morgan fingerprint density at radius 2 is 2.07 bits per heavy atom. The first-order valence-electron chi connectivity index (χ1n) is 6.07. The van der Waals surface area contributed by atoms with E-state index in [1.807, 2.05) is 6.92 Å². The number of aliphatic hydroxyl groups excluding tert-OH is 1. The predicted octanol–water partition coefficient (Wildman–Crippen LogP) is 2.89. The van der Waals surface area contributed by atoms with E-state index in [9.17, 15) is 5.11 Å². The van der Waals surface area contributed by atoms with Crippen LogP contribution in [0.5, 0.6) is 0 Å². The zero-order valence-corrected chi connectivity index (χ0v) is 9.54. The highest BCUT2D eigenvalue weighted by atomic mass is 16.5. The standard InChI is InChI=1S/C12H24O2/c1-3-4-5-6-7-11-8-9-12(14-11)10(2)13/h10-13H,3-9H2,1-2H3/t10-,11+,12-/m1/s1. The molecule has 2 nitrogen and oxygen atoms in total. The van der Waals surface area contributed by atoms with Gasteiger partial charge in [-0.05, 0) is 26.2 Å². The fraction of sp³-hybridized carbons (Fsp3) is 1.00. The Bertz CT molecular complexity index is 145. The first-order chi connectivity index (χ1) is 6.74. The fourth-order valence-corrected chi connectivity index (χ4v) is 2.10. The van der Waals surface area contributed by atoms with E-state index in [4.69, 9.17) is 4.74 Å². The second-order valence-electron chi connectivity index (χ2n) is 4.46. The molecule has 3 atom stereocenters. The number of rotatable bonds is 6. The molecule has 1 N–H and O–H groups in total. The van der Waals surface area contributed by atoms with Crippen molar-refractivity contribution in [2.24, 2.45) is 0 Å². The van der Waals surface area contributed by atoms with E-state index in [2.05, 4.69) is 6.92 Å².